The highest BCUT2D eigenvalue weighted by molar-refractivity contribution is 5.92. The summed E-state index contributed by atoms with van der Waals surface area (Å²) in [7, 11) is 0. The van der Waals surface area contributed by atoms with E-state index in [9.17, 15) is 19.2 Å². The van der Waals surface area contributed by atoms with Gasteiger partial charge in [-0.3, -0.25) is 0 Å². The number of ether oxygens (including phenoxy) is 4. The van der Waals surface area contributed by atoms with E-state index in [1.54, 1.807) is 36.4 Å². The molecule has 0 radical (unpaired) electrons. The van der Waals surface area contributed by atoms with Crippen LogP contribution in [0, 0.1) is 0 Å². The summed E-state index contributed by atoms with van der Waals surface area (Å²) in [5.74, 6) is -2.34. The van der Waals surface area contributed by atoms with E-state index in [1.165, 1.54) is 33.8 Å². The highest BCUT2D eigenvalue weighted by atomic mass is 16.6. The fourth-order valence-corrected chi connectivity index (χ4v) is 3.37. The van der Waals surface area contributed by atoms with Crippen molar-refractivity contribution >= 4 is 36.0 Å². The third-order valence-corrected chi connectivity index (χ3v) is 5.83. The zero-order valence-corrected chi connectivity index (χ0v) is 25.0. The van der Waals surface area contributed by atoms with Crippen LogP contribution in [-0.2, 0) is 19.2 Å². The molecule has 0 saturated heterocycles. The van der Waals surface area contributed by atoms with Crippen molar-refractivity contribution in [1.82, 2.24) is 0 Å². The molecule has 3 aromatic carbocycles. The number of hydrogen-bond acceptors (Lipinski definition) is 8. The highest BCUT2D eigenvalue weighted by Gasteiger charge is 2.17. The molecule has 0 aliphatic heterocycles. The molecule has 0 aliphatic carbocycles. The quantitative estimate of drug-likeness (QED) is 0.0979. The lowest BCUT2D eigenvalue weighted by atomic mass is 10.0. The summed E-state index contributed by atoms with van der Waals surface area (Å²) in [5.41, 5.74) is 3.82. The van der Waals surface area contributed by atoms with Gasteiger partial charge < -0.3 is 18.9 Å². The van der Waals surface area contributed by atoms with Gasteiger partial charge in [0.05, 0.1) is 0 Å². The van der Waals surface area contributed by atoms with E-state index in [1.807, 2.05) is 30.3 Å². The van der Waals surface area contributed by atoms with E-state index in [4.69, 9.17) is 18.9 Å². The van der Waals surface area contributed by atoms with Crippen molar-refractivity contribution in [2.24, 2.45) is 0 Å². The Labute approximate surface area is 256 Å². The Hall–Kier alpha value is -5.76. The van der Waals surface area contributed by atoms with Crippen molar-refractivity contribution in [3.05, 3.63) is 120 Å². The monoisotopic (exact) mass is 592 g/mol. The molecule has 0 amide bonds. The number of rotatable bonds is 11. The van der Waals surface area contributed by atoms with Gasteiger partial charge in [-0.15, -0.1) is 0 Å². The summed E-state index contributed by atoms with van der Waals surface area (Å²) >= 11 is 0. The van der Waals surface area contributed by atoms with Gasteiger partial charge in [-0.2, -0.15) is 0 Å². The van der Waals surface area contributed by atoms with Gasteiger partial charge in [0.15, 0.2) is 23.0 Å². The molecule has 0 spiro atoms. The third kappa shape index (κ3) is 8.87. The second-order valence-electron chi connectivity index (χ2n) is 10.0. The molecular formula is C36H32O8. The lowest BCUT2D eigenvalue weighted by molar-refractivity contribution is -0.132. The lowest BCUT2D eigenvalue weighted by Crippen LogP contribution is -2.12. The molecule has 0 aliphatic rings. The van der Waals surface area contributed by atoms with Crippen LogP contribution in [0.2, 0.25) is 0 Å². The van der Waals surface area contributed by atoms with Crippen LogP contribution in [0.15, 0.2) is 109 Å². The van der Waals surface area contributed by atoms with Gasteiger partial charge in [0.2, 0.25) is 0 Å². The fraction of sp³-hybridized carbons (Fsp3) is 0.111. The maximum Gasteiger partial charge on any atom is 0.338 e. The van der Waals surface area contributed by atoms with Crippen LogP contribution in [0.4, 0.5) is 0 Å². The molecule has 224 valence electrons. The first-order valence-electron chi connectivity index (χ1n) is 13.3. The second-order valence-corrected chi connectivity index (χ2v) is 10.0. The second kappa shape index (κ2) is 14.4. The minimum Gasteiger partial charge on any atom is -0.419 e. The van der Waals surface area contributed by atoms with Gasteiger partial charge in [-0.25, -0.2) is 19.2 Å². The Morgan fingerprint density at radius 1 is 0.455 bits per heavy atom. The smallest absolute Gasteiger partial charge is 0.338 e. The summed E-state index contributed by atoms with van der Waals surface area (Å²) in [4.78, 5) is 48.5. The Kier molecular flexibility index (Phi) is 10.7. The predicted octanol–water partition coefficient (Wildman–Crippen LogP) is 7.45. The maximum atomic E-state index is 12.2. The Morgan fingerprint density at radius 3 is 1.25 bits per heavy atom. The molecule has 0 saturated carbocycles. The number of hydrogen-bond donors (Lipinski definition) is 0. The van der Waals surface area contributed by atoms with Crippen molar-refractivity contribution in [1.29, 1.82) is 0 Å². The molecule has 8 nitrogen and oxygen atoms in total. The minimum atomic E-state index is -0.658. The van der Waals surface area contributed by atoms with E-state index in [2.05, 4.69) is 26.3 Å². The highest BCUT2D eigenvalue weighted by Crippen LogP contribution is 2.34. The van der Waals surface area contributed by atoms with Gasteiger partial charge in [0.25, 0.3) is 0 Å². The number of esters is 4. The predicted molar refractivity (Wildman–Crippen MR) is 169 cm³/mol. The molecule has 8 heteroatoms. The molecule has 0 bridgehead atoms. The Bertz CT molecular complexity index is 1720. The molecule has 0 unspecified atom stereocenters. The summed E-state index contributed by atoms with van der Waals surface area (Å²) in [6, 6.07) is 17.2. The molecule has 3 rings (SSSR count). The zero-order chi connectivity index (χ0) is 32.6. The van der Waals surface area contributed by atoms with Crippen molar-refractivity contribution in [2.45, 2.75) is 27.7 Å². The van der Waals surface area contributed by atoms with Crippen molar-refractivity contribution in [2.75, 3.05) is 0 Å². The maximum absolute atomic E-state index is 12.2. The van der Waals surface area contributed by atoms with E-state index < -0.39 is 23.9 Å². The van der Waals surface area contributed by atoms with E-state index in [-0.39, 0.29) is 45.3 Å². The van der Waals surface area contributed by atoms with Crippen LogP contribution in [0.5, 0.6) is 23.0 Å². The van der Waals surface area contributed by atoms with Crippen molar-refractivity contribution in [3.63, 3.8) is 0 Å². The number of carbonyl (C=O) groups is 4. The molecule has 0 N–H and O–H groups in total. The summed E-state index contributed by atoms with van der Waals surface area (Å²) in [6.45, 7) is 20.4. The number of benzene rings is 3. The van der Waals surface area contributed by atoms with Gasteiger partial charge in [0.1, 0.15) is 0 Å². The SMILES string of the molecule is C=C(C)C(=O)Oc1ccc(/C=C/c2ccc(-c3ccc(OC(=O)C(=C)C)c(OC(=O)C(=C)C)c3)cc2)cc1OC(=O)C(=C)C. The summed E-state index contributed by atoms with van der Waals surface area (Å²) < 4.78 is 21.5. The largest absolute Gasteiger partial charge is 0.419 e. The minimum absolute atomic E-state index is 0.0608. The van der Waals surface area contributed by atoms with Crippen LogP contribution in [0.25, 0.3) is 23.3 Å². The zero-order valence-electron chi connectivity index (χ0n) is 25.0. The van der Waals surface area contributed by atoms with Crippen LogP contribution in [0.1, 0.15) is 38.8 Å². The molecule has 0 atom stereocenters. The average Bonchev–Trinajstić information content (AvgIpc) is 2.97. The molecule has 0 fully saturated rings. The van der Waals surface area contributed by atoms with E-state index in [0.717, 1.165) is 11.1 Å². The van der Waals surface area contributed by atoms with Crippen LogP contribution >= 0.6 is 0 Å². The topological polar surface area (TPSA) is 105 Å². The third-order valence-electron chi connectivity index (χ3n) is 5.83. The van der Waals surface area contributed by atoms with Crippen LogP contribution in [-0.4, -0.2) is 23.9 Å². The van der Waals surface area contributed by atoms with Gasteiger partial charge in [-0.1, -0.05) is 74.9 Å². The summed E-state index contributed by atoms with van der Waals surface area (Å²) in [5, 5.41) is 0. The molecule has 3 aromatic rings. The van der Waals surface area contributed by atoms with Crippen LogP contribution in [0.3, 0.4) is 0 Å². The number of carbonyl (C=O) groups excluding carboxylic acids is 4. The molecule has 0 heterocycles. The van der Waals surface area contributed by atoms with Crippen molar-refractivity contribution in [3.8, 4) is 34.1 Å². The first-order chi connectivity index (χ1) is 20.7. The van der Waals surface area contributed by atoms with Gasteiger partial charge in [-0.05, 0) is 74.2 Å². The molecule has 44 heavy (non-hydrogen) atoms. The molecular weight excluding hydrogens is 560 g/mol. The fourth-order valence-electron chi connectivity index (χ4n) is 3.37. The lowest BCUT2D eigenvalue weighted by Gasteiger charge is -2.13. The Balaban J connectivity index is 1.87. The normalized spacial score (nSPS) is 10.5. The van der Waals surface area contributed by atoms with Crippen LogP contribution < -0.4 is 18.9 Å². The standard InChI is InChI=1S/C36H32O8/c1-21(2)33(37)41-29-17-13-26(19-31(29)43-35(39)23(5)6)10-9-25-11-14-27(15-12-25)28-16-18-30(42-34(38)22(3)4)32(20-28)44-36(40)24(7)8/h9-20H,1,3,5,7H2,2,4,6,8H3/b10-9+. The summed E-state index contributed by atoms with van der Waals surface area (Å²) in [6.07, 6.45) is 3.65. The van der Waals surface area contributed by atoms with Gasteiger partial charge in [0, 0.05) is 22.3 Å². The van der Waals surface area contributed by atoms with E-state index in [0.29, 0.717) is 11.1 Å². The first kappa shape index (κ1) is 32.8. The first-order valence-corrected chi connectivity index (χ1v) is 13.3. The van der Waals surface area contributed by atoms with Crippen molar-refractivity contribution < 1.29 is 38.1 Å². The average molecular weight is 593 g/mol. The van der Waals surface area contributed by atoms with E-state index >= 15 is 0 Å². The Morgan fingerprint density at radius 2 is 0.795 bits per heavy atom. The van der Waals surface area contributed by atoms with Gasteiger partial charge >= 0.3 is 23.9 Å². The molecule has 0 aromatic heterocycles.